The highest BCUT2D eigenvalue weighted by Gasteiger charge is 2.12. The SMILES string of the molecule is COc1ccc(C(=O)O/N=C(\N)c2cccs2)cc1OC. The zero-order valence-electron chi connectivity index (χ0n) is 11.5. The maximum Gasteiger partial charge on any atom is 0.365 e. The zero-order chi connectivity index (χ0) is 15.2. The number of rotatable bonds is 5. The Morgan fingerprint density at radius 2 is 1.95 bits per heavy atom. The number of methoxy groups -OCH3 is 2. The van der Waals surface area contributed by atoms with E-state index < -0.39 is 5.97 Å². The summed E-state index contributed by atoms with van der Waals surface area (Å²) < 4.78 is 10.2. The average molecular weight is 306 g/mol. The van der Waals surface area contributed by atoms with Crippen LogP contribution < -0.4 is 15.2 Å². The Labute approximate surface area is 125 Å². The van der Waals surface area contributed by atoms with E-state index in [1.807, 2.05) is 11.4 Å². The number of hydrogen-bond donors (Lipinski definition) is 1. The van der Waals surface area contributed by atoms with E-state index in [0.717, 1.165) is 4.88 Å². The number of nitrogens with zero attached hydrogens (tertiary/aromatic N) is 1. The molecule has 1 aromatic heterocycles. The number of thiophene rings is 1. The van der Waals surface area contributed by atoms with Gasteiger partial charge in [0.15, 0.2) is 17.3 Å². The molecule has 0 radical (unpaired) electrons. The zero-order valence-corrected chi connectivity index (χ0v) is 12.3. The maximum atomic E-state index is 11.9. The van der Waals surface area contributed by atoms with Gasteiger partial charge in [0.1, 0.15) is 0 Å². The monoisotopic (exact) mass is 306 g/mol. The van der Waals surface area contributed by atoms with Crippen LogP contribution in [-0.4, -0.2) is 26.0 Å². The molecule has 6 nitrogen and oxygen atoms in total. The molecule has 7 heteroatoms. The Bertz CT molecular complexity index is 653. The lowest BCUT2D eigenvalue weighted by molar-refractivity contribution is 0.0515. The first kappa shape index (κ1) is 14.9. The highest BCUT2D eigenvalue weighted by atomic mass is 32.1. The Hall–Kier alpha value is -2.54. The fraction of sp³-hybridized carbons (Fsp3) is 0.143. The molecule has 2 aromatic rings. The minimum absolute atomic E-state index is 0.152. The Balaban J connectivity index is 2.12. The van der Waals surface area contributed by atoms with Gasteiger partial charge in [-0.3, -0.25) is 0 Å². The van der Waals surface area contributed by atoms with Crippen molar-refractivity contribution in [1.29, 1.82) is 0 Å². The molecule has 2 N–H and O–H groups in total. The van der Waals surface area contributed by atoms with Crippen molar-refractivity contribution in [2.75, 3.05) is 14.2 Å². The van der Waals surface area contributed by atoms with Crippen molar-refractivity contribution < 1.29 is 19.1 Å². The standard InChI is InChI=1S/C14H14N2O4S/c1-18-10-6-5-9(8-11(10)19-2)14(17)20-16-13(15)12-4-3-7-21-12/h3-8H,1-2H3,(H2,15,16). The summed E-state index contributed by atoms with van der Waals surface area (Å²) in [6.45, 7) is 0. The second kappa shape index (κ2) is 6.76. The first-order chi connectivity index (χ1) is 10.2. The summed E-state index contributed by atoms with van der Waals surface area (Å²) in [4.78, 5) is 17.5. The minimum Gasteiger partial charge on any atom is -0.493 e. The molecule has 0 atom stereocenters. The van der Waals surface area contributed by atoms with Crippen molar-refractivity contribution in [3.63, 3.8) is 0 Å². The van der Waals surface area contributed by atoms with Gasteiger partial charge in [0, 0.05) is 0 Å². The second-order valence-electron chi connectivity index (χ2n) is 3.90. The van der Waals surface area contributed by atoms with Crippen LogP contribution in [0, 0.1) is 0 Å². The molecule has 1 aromatic carbocycles. The average Bonchev–Trinajstić information content (AvgIpc) is 3.06. The van der Waals surface area contributed by atoms with E-state index >= 15 is 0 Å². The molecule has 0 aliphatic carbocycles. The number of ether oxygens (including phenoxy) is 2. The lowest BCUT2D eigenvalue weighted by Crippen LogP contribution is -2.13. The van der Waals surface area contributed by atoms with Crippen molar-refractivity contribution in [2.45, 2.75) is 0 Å². The number of amidine groups is 1. The van der Waals surface area contributed by atoms with Crippen molar-refractivity contribution in [3.8, 4) is 11.5 Å². The topological polar surface area (TPSA) is 83.1 Å². The number of benzene rings is 1. The molecule has 1 heterocycles. The summed E-state index contributed by atoms with van der Waals surface area (Å²) >= 11 is 1.41. The van der Waals surface area contributed by atoms with Gasteiger partial charge in [-0.05, 0) is 29.6 Å². The molecule has 0 amide bonds. The molecule has 2 rings (SSSR count). The largest absolute Gasteiger partial charge is 0.493 e. The normalized spacial score (nSPS) is 11.0. The van der Waals surface area contributed by atoms with Crippen LogP contribution in [0.5, 0.6) is 11.5 Å². The van der Waals surface area contributed by atoms with Gasteiger partial charge >= 0.3 is 5.97 Å². The molecule has 0 saturated heterocycles. The third-order valence-electron chi connectivity index (χ3n) is 2.62. The summed E-state index contributed by atoms with van der Waals surface area (Å²) in [6.07, 6.45) is 0. The molecule has 0 spiro atoms. The van der Waals surface area contributed by atoms with Crippen LogP contribution in [0.2, 0.25) is 0 Å². The van der Waals surface area contributed by atoms with Crippen LogP contribution in [0.25, 0.3) is 0 Å². The minimum atomic E-state index is -0.629. The molecule has 0 unspecified atom stereocenters. The molecule has 0 aliphatic heterocycles. The van der Waals surface area contributed by atoms with Gasteiger partial charge in [-0.25, -0.2) is 4.79 Å². The molecule has 110 valence electrons. The van der Waals surface area contributed by atoms with Crippen LogP contribution in [0.4, 0.5) is 0 Å². The van der Waals surface area contributed by atoms with Gasteiger partial charge in [-0.2, -0.15) is 0 Å². The third-order valence-corrected chi connectivity index (χ3v) is 3.51. The Morgan fingerprint density at radius 3 is 2.57 bits per heavy atom. The number of nitrogens with two attached hydrogens (primary N) is 1. The van der Waals surface area contributed by atoms with Gasteiger partial charge in [-0.1, -0.05) is 11.2 Å². The second-order valence-corrected chi connectivity index (χ2v) is 4.85. The van der Waals surface area contributed by atoms with Gasteiger partial charge in [0.05, 0.1) is 24.7 Å². The van der Waals surface area contributed by atoms with Gasteiger partial charge in [0.25, 0.3) is 0 Å². The molecule has 0 bridgehead atoms. The molecule has 21 heavy (non-hydrogen) atoms. The van der Waals surface area contributed by atoms with E-state index in [1.54, 1.807) is 18.2 Å². The van der Waals surface area contributed by atoms with Gasteiger partial charge in [-0.15, -0.1) is 11.3 Å². The van der Waals surface area contributed by atoms with Crippen LogP contribution in [0.1, 0.15) is 15.2 Å². The van der Waals surface area contributed by atoms with E-state index in [0.29, 0.717) is 11.5 Å². The summed E-state index contributed by atoms with van der Waals surface area (Å²) in [7, 11) is 3.00. The predicted octanol–water partition coefficient (Wildman–Crippen LogP) is 2.24. The van der Waals surface area contributed by atoms with Crippen LogP contribution in [0.3, 0.4) is 0 Å². The number of carbonyl (C=O) groups is 1. The van der Waals surface area contributed by atoms with E-state index in [-0.39, 0.29) is 11.4 Å². The number of oxime groups is 1. The van der Waals surface area contributed by atoms with E-state index in [4.69, 9.17) is 20.0 Å². The van der Waals surface area contributed by atoms with E-state index in [1.165, 1.54) is 31.6 Å². The first-order valence-electron chi connectivity index (χ1n) is 5.96. The predicted molar refractivity (Wildman–Crippen MR) is 80.0 cm³/mol. The maximum absolute atomic E-state index is 11.9. The Morgan fingerprint density at radius 1 is 1.19 bits per heavy atom. The highest BCUT2D eigenvalue weighted by molar-refractivity contribution is 7.12. The van der Waals surface area contributed by atoms with E-state index in [2.05, 4.69) is 5.16 Å². The smallest absolute Gasteiger partial charge is 0.365 e. The van der Waals surface area contributed by atoms with Gasteiger partial charge < -0.3 is 20.0 Å². The highest BCUT2D eigenvalue weighted by Crippen LogP contribution is 2.27. The van der Waals surface area contributed by atoms with Crippen molar-refractivity contribution in [3.05, 3.63) is 46.2 Å². The van der Waals surface area contributed by atoms with E-state index in [9.17, 15) is 4.79 Å². The third kappa shape index (κ3) is 3.51. The van der Waals surface area contributed by atoms with Crippen molar-refractivity contribution >= 4 is 23.1 Å². The van der Waals surface area contributed by atoms with Crippen LogP contribution in [-0.2, 0) is 4.84 Å². The molecule has 0 saturated carbocycles. The molecular formula is C14H14N2O4S. The summed E-state index contributed by atoms with van der Waals surface area (Å²) in [5.41, 5.74) is 5.99. The first-order valence-corrected chi connectivity index (χ1v) is 6.84. The molecule has 0 aliphatic rings. The molecule has 0 fully saturated rings. The fourth-order valence-electron chi connectivity index (χ4n) is 1.58. The summed E-state index contributed by atoms with van der Waals surface area (Å²) in [6, 6.07) is 8.30. The lowest BCUT2D eigenvalue weighted by Gasteiger charge is -2.08. The Kier molecular flexibility index (Phi) is 4.78. The van der Waals surface area contributed by atoms with Crippen LogP contribution in [0.15, 0.2) is 40.9 Å². The van der Waals surface area contributed by atoms with Crippen LogP contribution >= 0.6 is 11.3 Å². The van der Waals surface area contributed by atoms with Crippen molar-refractivity contribution in [2.24, 2.45) is 10.9 Å². The summed E-state index contributed by atoms with van der Waals surface area (Å²) in [5.74, 6) is 0.479. The number of hydrogen-bond acceptors (Lipinski definition) is 6. The molecular weight excluding hydrogens is 292 g/mol. The number of carbonyl (C=O) groups excluding carboxylic acids is 1. The summed E-state index contributed by atoms with van der Waals surface area (Å²) in [5, 5.41) is 5.48. The quantitative estimate of drug-likeness (QED) is 0.396. The van der Waals surface area contributed by atoms with Gasteiger partial charge in [0.2, 0.25) is 0 Å². The lowest BCUT2D eigenvalue weighted by atomic mass is 10.2. The van der Waals surface area contributed by atoms with Crippen molar-refractivity contribution in [1.82, 2.24) is 0 Å². The fourth-order valence-corrected chi connectivity index (χ4v) is 2.19.